The predicted molar refractivity (Wildman–Crippen MR) is 76.0 cm³/mol. The zero-order valence-electron chi connectivity index (χ0n) is 10.7. The quantitative estimate of drug-likeness (QED) is 0.850. The van der Waals surface area contributed by atoms with E-state index < -0.39 is 0 Å². The molecule has 1 atom stereocenters. The van der Waals surface area contributed by atoms with Crippen molar-refractivity contribution in [3.8, 4) is 0 Å². The summed E-state index contributed by atoms with van der Waals surface area (Å²) in [7, 11) is 0. The minimum Gasteiger partial charge on any atom is -0.389 e. The van der Waals surface area contributed by atoms with Crippen molar-refractivity contribution in [3.63, 3.8) is 0 Å². The van der Waals surface area contributed by atoms with Gasteiger partial charge in [-0.1, -0.05) is 31.3 Å². The van der Waals surface area contributed by atoms with Gasteiger partial charge in [-0.3, -0.25) is 4.90 Å². The number of halogens is 1. The van der Waals surface area contributed by atoms with Crippen LogP contribution in [-0.2, 0) is 6.54 Å². The van der Waals surface area contributed by atoms with Crippen LogP contribution >= 0.6 is 12.2 Å². The Morgan fingerprint density at radius 2 is 2.33 bits per heavy atom. The molecule has 1 fully saturated rings. The van der Waals surface area contributed by atoms with Crippen molar-refractivity contribution < 1.29 is 4.39 Å². The van der Waals surface area contributed by atoms with Crippen LogP contribution in [-0.4, -0.2) is 22.5 Å². The maximum atomic E-state index is 14.0. The normalized spacial score (nSPS) is 20.2. The molecule has 1 heterocycles. The third-order valence-corrected chi connectivity index (χ3v) is 3.92. The highest BCUT2D eigenvalue weighted by Crippen LogP contribution is 2.23. The lowest BCUT2D eigenvalue weighted by atomic mass is 10.1. The van der Waals surface area contributed by atoms with Crippen molar-refractivity contribution in [3.05, 3.63) is 35.1 Å². The van der Waals surface area contributed by atoms with Gasteiger partial charge in [0.25, 0.3) is 0 Å². The Morgan fingerprint density at radius 3 is 2.94 bits per heavy atom. The second-order valence-corrected chi connectivity index (χ2v) is 5.29. The van der Waals surface area contributed by atoms with Crippen LogP contribution in [0.5, 0.6) is 0 Å². The number of benzene rings is 1. The molecule has 1 aromatic rings. The monoisotopic (exact) mass is 266 g/mol. The fourth-order valence-corrected chi connectivity index (χ4v) is 2.74. The standard InChI is InChI=1S/C14H19FN2S/c1-2-12-4-3-7-17(12)9-11-6-5-10(14(16)18)8-13(11)15/h5-6,8,12H,2-4,7,9H2,1H3,(H2,16,18). The van der Waals surface area contributed by atoms with E-state index in [2.05, 4.69) is 11.8 Å². The van der Waals surface area contributed by atoms with E-state index in [1.54, 1.807) is 12.1 Å². The van der Waals surface area contributed by atoms with Gasteiger partial charge >= 0.3 is 0 Å². The SMILES string of the molecule is CCC1CCCN1Cc1ccc(C(N)=S)cc1F. The molecule has 4 heteroatoms. The van der Waals surface area contributed by atoms with Crippen LogP contribution in [0.15, 0.2) is 18.2 Å². The smallest absolute Gasteiger partial charge is 0.128 e. The number of hydrogen-bond donors (Lipinski definition) is 1. The Bertz CT molecular complexity index is 447. The van der Waals surface area contributed by atoms with Gasteiger partial charge in [0.15, 0.2) is 0 Å². The van der Waals surface area contributed by atoms with E-state index in [4.69, 9.17) is 18.0 Å². The Morgan fingerprint density at radius 1 is 1.56 bits per heavy atom. The van der Waals surface area contributed by atoms with Gasteiger partial charge in [-0.25, -0.2) is 4.39 Å². The fraction of sp³-hybridized carbons (Fsp3) is 0.500. The minimum atomic E-state index is -0.206. The van der Waals surface area contributed by atoms with E-state index in [-0.39, 0.29) is 10.8 Å². The molecule has 0 bridgehead atoms. The first kappa shape index (κ1) is 13.4. The first-order chi connectivity index (χ1) is 8.61. The van der Waals surface area contributed by atoms with Crippen LogP contribution in [0.25, 0.3) is 0 Å². The summed E-state index contributed by atoms with van der Waals surface area (Å²) in [4.78, 5) is 2.60. The topological polar surface area (TPSA) is 29.3 Å². The Hall–Kier alpha value is -1.00. The maximum Gasteiger partial charge on any atom is 0.128 e. The van der Waals surface area contributed by atoms with E-state index in [0.29, 0.717) is 18.2 Å². The molecule has 0 spiro atoms. The number of thiocarbonyl (C=S) groups is 1. The average Bonchev–Trinajstić information content (AvgIpc) is 2.78. The van der Waals surface area contributed by atoms with Crippen molar-refractivity contribution in [2.24, 2.45) is 5.73 Å². The molecule has 2 rings (SSSR count). The lowest BCUT2D eigenvalue weighted by Crippen LogP contribution is -2.28. The van der Waals surface area contributed by atoms with Gasteiger partial charge < -0.3 is 5.73 Å². The zero-order valence-corrected chi connectivity index (χ0v) is 11.5. The first-order valence-corrected chi connectivity index (χ1v) is 6.85. The summed E-state index contributed by atoms with van der Waals surface area (Å²) >= 11 is 4.85. The molecule has 0 radical (unpaired) electrons. The van der Waals surface area contributed by atoms with Crippen molar-refractivity contribution >= 4 is 17.2 Å². The van der Waals surface area contributed by atoms with E-state index in [1.807, 2.05) is 0 Å². The van der Waals surface area contributed by atoms with E-state index in [1.165, 1.54) is 18.9 Å². The Balaban J connectivity index is 2.12. The van der Waals surface area contributed by atoms with Crippen LogP contribution in [0.4, 0.5) is 4.39 Å². The molecule has 0 saturated carbocycles. The van der Waals surface area contributed by atoms with Crippen molar-refractivity contribution in [1.29, 1.82) is 0 Å². The lowest BCUT2D eigenvalue weighted by Gasteiger charge is -2.23. The Kier molecular flexibility index (Phi) is 4.30. The number of rotatable bonds is 4. The molecule has 2 nitrogen and oxygen atoms in total. The second-order valence-electron chi connectivity index (χ2n) is 4.85. The molecule has 0 aromatic heterocycles. The molecule has 1 unspecified atom stereocenters. The van der Waals surface area contributed by atoms with Gasteiger partial charge in [0.1, 0.15) is 10.8 Å². The summed E-state index contributed by atoms with van der Waals surface area (Å²) < 4.78 is 14.0. The van der Waals surface area contributed by atoms with Crippen LogP contribution in [0.3, 0.4) is 0 Å². The van der Waals surface area contributed by atoms with Gasteiger partial charge in [0.2, 0.25) is 0 Å². The summed E-state index contributed by atoms with van der Waals surface area (Å²) in [6.45, 7) is 3.94. The molecule has 1 aromatic carbocycles. The summed E-state index contributed by atoms with van der Waals surface area (Å²) in [6.07, 6.45) is 3.57. The lowest BCUT2D eigenvalue weighted by molar-refractivity contribution is 0.237. The van der Waals surface area contributed by atoms with Crippen LogP contribution in [0, 0.1) is 5.82 Å². The third kappa shape index (κ3) is 2.87. The molecule has 0 amide bonds. The van der Waals surface area contributed by atoms with E-state index in [0.717, 1.165) is 18.5 Å². The molecular formula is C14H19FN2S. The summed E-state index contributed by atoms with van der Waals surface area (Å²) in [5, 5.41) is 0. The number of hydrogen-bond acceptors (Lipinski definition) is 2. The summed E-state index contributed by atoms with van der Waals surface area (Å²) in [5.41, 5.74) is 6.82. The van der Waals surface area contributed by atoms with Crippen LogP contribution in [0.1, 0.15) is 37.3 Å². The predicted octanol–water partition coefficient (Wildman–Crippen LogP) is 2.83. The van der Waals surface area contributed by atoms with Crippen molar-refractivity contribution in [2.75, 3.05) is 6.54 Å². The molecular weight excluding hydrogens is 247 g/mol. The first-order valence-electron chi connectivity index (χ1n) is 6.44. The number of nitrogens with zero attached hydrogens (tertiary/aromatic N) is 1. The maximum absolute atomic E-state index is 14.0. The van der Waals surface area contributed by atoms with Crippen LogP contribution < -0.4 is 5.73 Å². The van der Waals surface area contributed by atoms with Crippen molar-refractivity contribution in [2.45, 2.75) is 38.8 Å². The molecule has 1 aliphatic rings. The summed E-state index contributed by atoms with van der Waals surface area (Å²) in [6, 6.07) is 5.64. The van der Waals surface area contributed by atoms with Crippen LogP contribution in [0.2, 0.25) is 0 Å². The molecule has 1 saturated heterocycles. The van der Waals surface area contributed by atoms with E-state index >= 15 is 0 Å². The molecule has 2 N–H and O–H groups in total. The molecule has 98 valence electrons. The molecule has 18 heavy (non-hydrogen) atoms. The minimum absolute atomic E-state index is 0.206. The van der Waals surface area contributed by atoms with Gasteiger partial charge in [-0.2, -0.15) is 0 Å². The largest absolute Gasteiger partial charge is 0.389 e. The highest BCUT2D eigenvalue weighted by atomic mass is 32.1. The Labute approximate surface area is 113 Å². The second kappa shape index (κ2) is 5.76. The summed E-state index contributed by atoms with van der Waals surface area (Å²) in [5.74, 6) is -0.206. The van der Waals surface area contributed by atoms with Crippen molar-refractivity contribution in [1.82, 2.24) is 4.90 Å². The highest BCUT2D eigenvalue weighted by molar-refractivity contribution is 7.80. The zero-order chi connectivity index (χ0) is 13.1. The van der Waals surface area contributed by atoms with Gasteiger partial charge in [0.05, 0.1) is 0 Å². The van der Waals surface area contributed by atoms with E-state index in [9.17, 15) is 4.39 Å². The number of nitrogens with two attached hydrogens (primary N) is 1. The van der Waals surface area contributed by atoms with Gasteiger partial charge in [0, 0.05) is 23.7 Å². The molecule has 0 aliphatic carbocycles. The fourth-order valence-electron chi connectivity index (χ4n) is 2.61. The van der Waals surface area contributed by atoms with Gasteiger partial charge in [-0.15, -0.1) is 0 Å². The molecule has 1 aliphatic heterocycles. The van der Waals surface area contributed by atoms with Gasteiger partial charge in [-0.05, 0) is 31.9 Å². The number of likely N-dealkylation sites (tertiary alicyclic amines) is 1. The third-order valence-electron chi connectivity index (χ3n) is 3.68. The average molecular weight is 266 g/mol. The highest BCUT2D eigenvalue weighted by Gasteiger charge is 2.23.